The van der Waals surface area contributed by atoms with Crippen molar-refractivity contribution in [3.05, 3.63) is 41.0 Å². The zero-order valence-electron chi connectivity index (χ0n) is 10.5. The molecule has 19 heavy (non-hydrogen) atoms. The van der Waals surface area contributed by atoms with E-state index in [1.165, 1.54) is 0 Å². The van der Waals surface area contributed by atoms with Gasteiger partial charge in [0, 0.05) is 11.1 Å². The summed E-state index contributed by atoms with van der Waals surface area (Å²) >= 11 is 5.77. The molecule has 0 saturated heterocycles. The second-order valence-electron chi connectivity index (χ2n) is 4.04. The van der Waals surface area contributed by atoms with Gasteiger partial charge in [0.2, 0.25) is 5.88 Å². The highest BCUT2D eigenvalue weighted by Gasteiger charge is 2.16. The molecule has 0 spiro atoms. The van der Waals surface area contributed by atoms with E-state index in [-0.39, 0.29) is 5.91 Å². The molecule has 2 rings (SSSR count). The summed E-state index contributed by atoms with van der Waals surface area (Å²) in [6.07, 6.45) is -0.661. The first-order valence-electron chi connectivity index (χ1n) is 5.71. The van der Waals surface area contributed by atoms with Gasteiger partial charge in [-0.25, -0.2) is 0 Å². The number of hydrogen-bond donors (Lipinski definition) is 1. The number of nitrogens with zero attached hydrogens (tertiary/aromatic N) is 1. The molecule has 0 saturated carbocycles. The first-order valence-corrected chi connectivity index (χ1v) is 6.09. The van der Waals surface area contributed by atoms with Gasteiger partial charge >= 0.3 is 0 Å². The normalized spacial score (nSPS) is 11.9. The lowest BCUT2D eigenvalue weighted by Crippen LogP contribution is -2.29. The van der Waals surface area contributed by atoms with Gasteiger partial charge in [-0.05, 0) is 38.1 Å². The van der Waals surface area contributed by atoms with Gasteiger partial charge in [0.25, 0.3) is 5.91 Å². The van der Waals surface area contributed by atoms with Crippen LogP contribution >= 0.6 is 11.6 Å². The van der Waals surface area contributed by atoms with Crippen LogP contribution in [-0.4, -0.2) is 17.2 Å². The molecule has 1 heterocycles. The molecule has 0 aliphatic rings. The smallest absolute Gasteiger partial charge is 0.267 e. The Kier molecular flexibility index (Phi) is 4.06. The predicted octanol–water partition coefficient (Wildman–Crippen LogP) is 3.04. The summed E-state index contributed by atoms with van der Waals surface area (Å²) in [6.45, 7) is 3.42. The molecular weight excluding hydrogens is 268 g/mol. The minimum Gasteiger partial charge on any atom is -0.481 e. The van der Waals surface area contributed by atoms with Gasteiger partial charge in [0.1, 0.15) is 5.75 Å². The van der Waals surface area contributed by atoms with E-state index in [4.69, 9.17) is 20.9 Å². The van der Waals surface area contributed by atoms with Gasteiger partial charge < -0.3 is 9.26 Å². The number of benzene rings is 1. The third kappa shape index (κ3) is 3.72. The molecular formula is C13H13ClN2O3. The number of hydrogen-bond acceptors (Lipinski definition) is 4. The number of amides is 1. The lowest BCUT2D eigenvalue weighted by molar-refractivity contribution is -0.122. The molecule has 1 N–H and O–H groups in total. The monoisotopic (exact) mass is 280 g/mol. The molecule has 0 bridgehead atoms. The van der Waals surface area contributed by atoms with Crippen molar-refractivity contribution in [3.63, 3.8) is 0 Å². The molecule has 0 aliphatic carbocycles. The summed E-state index contributed by atoms with van der Waals surface area (Å²) in [5, 5.41) is 6.87. The van der Waals surface area contributed by atoms with Crippen molar-refractivity contribution in [1.29, 1.82) is 0 Å². The number of halogens is 1. The minimum atomic E-state index is -0.661. The number of aryl methyl sites for hydroxylation is 1. The number of anilines is 1. The van der Waals surface area contributed by atoms with Gasteiger partial charge in [-0.1, -0.05) is 16.8 Å². The van der Waals surface area contributed by atoms with Crippen molar-refractivity contribution in [2.45, 2.75) is 20.0 Å². The van der Waals surface area contributed by atoms with Crippen molar-refractivity contribution < 1.29 is 14.1 Å². The van der Waals surface area contributed by atoms with Crippen LogP contribution < -0.4 is 10.1 Å². The van der Waals surface area contributed by atoms with Gasteiger partial charge in [0.15, 0.2) is 6.10 Å². The van der Waals surface area contributed by atoms with Crippen LogP contribution in [0.1, 0.15) is 12.6 Å². The summed E-state index contributed by atoms with van der Waals surface area (Å²) in [7, 11) is 0. The minimum absolute atomic E-state index is 0.300. The van der Waals surface area contributed by atoms with E-state index in [2.05, 4.69) is 10.5 Å². The van der Waals surface area contributed by atoms with Crippen LogP contribution in [0.25, 0.3) is 0 Å². The molecule has 1 unspecified atom stereocenters. The average Bonchev–Trinajstić information content (AvgIpc) is 2.77. The zero-order valence-corrected chi connectivity index (χ0v) is 11.3. The maximum Gasteiger partial charge on any atom is 0.267 e. The van der Waals surface area contributed by atoms with Gasteiger partial charge in [0.05, 0.1) is 5.69 Å². The van der Waals surface area contributed by atoms with E-state index < -0.39 is 6.10 Å². The first-order chi connectivity index (χ1) is 9.04. The highest BCUT2D eigenvalue weighted by Crippen LogP contribution is 2.17. The van der Waals surface area contributed by atoms with Crippen LogP contribution in [0.4, 0.5) is 5.88 Å². The van der Waals surface area contributed by atoms with Crippen molar-refractivity contribution in [1.82, 2.24) is 5.16 Å². The molecule has 0 radical (unpaired) electrons. The second-order valence-corrected chi connectivity index (χ2v) is 4.47. The summed E-state index contributed by atoms with van der Waals surface area (Å²) in [4.78, 5) is 11.8. The van der Waals surface area contributed by atoms with Crippen molar-refractivity contribution in [2.24, 2.45) is 0 Å². The quantitative estimate of drug-likeness (QED) is 0.935. The number of ether oxygens (including phenoxy) is 1. The molecule has 2 aromatic rings. The molecule has 5 nitrogen and oxygen atoms in total. The van der Waals surface area contributed by atoms with Gasteiger partial charge in [-0.15, -0.1) is 0 Å². The third-order valence-corrected chi connectivity index (χ3v) is 2.62. The van der Waals surface area contributed by atoms with Crippen LogP contribution in [0.15, 0.2) is 34.9 Å². The standard InChI is InChI=1S/C13H13ClN2O3/c1-8-7-12(19-16-8)15-13(17)9(2)18-11-5-3-10(14)4-6-11/h3-7,9H,1-2H3,(H,15,17). The predicted molar refractivity (Wildman–Crippen MR) is 71.4 cm³/mol. The maximum absolute atomic E-state index is 11.8. The van der Waals surface area contributed by atoms with Gasteiger partial charge in [-0.2, -0.15) is 0 Å². The maximum atomic E-state index is 11.8. The Bertz CT molecular complexity index is 566. The molecule has 0 aliphatic heterocycles. The zero-order chi connectivity index (χ0) is 13.8. The fraction of sp³-hybridized carbons (Fsp3) is 0.231. The number of rotatable bonds is 4. The average molecular weight is 281 g/mol. The van der Waals surface area contributed by atoms with E-state index in [0.29, 0.717) is 22.4 Å². The molecule has 6 heteroatoms. The SMILES string of the molecule is Cc1cc(NC(=O)C(C)Oc2ccc(Cl)cc2)on1. The van der Waals surface area contributed by atoms with Gasteiger partial charge in [-0.3, -0.25) is 10.1 Å². The van der Waals surface area contributed by atoms with Crippen molar-refractivity contribution >= 4 is 23.4 Å². The Morgan fingerprint density at radius 3 is 2.68 bits per heavy atom. The molecule has 1 atom stereocenters. The fourth-order valence-corrected chi connectivity index (χ4v) is 1.54. The van der Waals surface area contributed by atoms with E-state index >= 15 is 0 Å². The molecule has 1 aromatic heterocycles. The van der Waals surface area contributed by atoms with Crippen LogP contribution in [0.2, 0.25) is 5.02 Å². The van der Waals surface area contributed by atoms with Crippen molar-refractivity contribution in [2.75, 3.05) is 5.32 Å². The summed E-state index contributed by atoms with van der Waals surface area (Å²) in [5.41, 5.74) is 0.696. The lowest BCUT2D eigenvalue weighted by atomic mass is 10.3. The van der Waals surface area contributed by atoms with E-state index in [1.54, 1.807) is 44.2 Å². The van der Waals surface area contributed by atoms with Crippen molar-refractivity contribution in [3.8, 4) is 5.75 Å². The Hall–Kier alpha value is -2.01. The number of carbonyl (C=O) groups is 1. The van der Waals surface area contributed by atoms with E-state index in [0.717, 1.165) is 0 Å². The Morgan fingerprint density at radius 1 is 1.42 bits per heavy atom. The largest absolute Gasteiger partial charge is 0.481 e. The Labute approximate surface area is 115 Å². The van der Waals surface area contributed by atoms with Crippen LogP contribution in [-0.2, 0) is 4.79 Å². The molecule has 0 fully saturated rings. The number of nitrogens with one attached hydrogen (secondary N) is 1. The molecule has 1 aromatic carbocycles. The first kappa shape index (κ1) is 13.4. The Morgan fingerprint density at radius 2 is 2.11 bits per heavy atom. The molecule has 1 amide bonds. The van der Waals surface area contributed by atoms with E-state index in [1.807, 2.05) is 0 Å². The van der Waals surface area contributed by atoms with Crippen LogP contribution in [0, 0.1) is 6.92 Å². The highest BCUT2D eigenvalue weighted by molar-refractivity contribution is 6.30. The summed E-state index contributed by atoms with van der Waals surface area (Å²) in [6, 6.07) is 8.42. The Balaban J connectivity index is 1.94. The number of carbonyl (C=O) groups excluding carboxylic acids is 1. The summed E-state index contributed by atoms with van der Waals surface area (Å²) in [5.74, 6) is 0.556. The highest BCUT2D eigenvalue weighted by atomic mass is 35.5. The third-order valence-electron chi connectivity index (χ3n) is 2.37. The lowest BCUT2D eigenvalue weighted by Gasteiger charge is -2.13. The van der Waals surface area contributed by atoms with E-state index in [9.17, 15) is 4.79 Å². The topological polar surface area (TPSA) is 64.4 Å². The number of aromatic nitrogens is 1. The van der Waals surface area contributed by atoms with Crippen LogP contribution in [0.5, 0.6) is 5.75 Å². The molecule has 100 valence electrons. The fourth-order valence-electron chi connectivity index (χ4n) is 1.42. The van der Waals surface area contributed by atoms with Crippen LogP contribution in [0.3, 0.4) is 0 Å². The second kappa shape index (κ2) is 5.75. The summed E-state index contributed by atoms with van der Waals surface area (Å²) < 4.78 is 10.4.